The number of nitrogens with one attached hydrogen (secondary N) is 2. The van der Waals surface area contributed by atoms with E-state index in [-0.39, 0.29) is 5.91 Å². The van der Waals surface area contributed by atoms with Crippen LogP contribution in [-0.2, 0) is 0 Å². The standard InChI is InChI=1S/C13H11BrN2OS/c1-9(10-4-6-11(14)7-5-10)15-16-13(17)12-3-2-8-18-12/h2-8,15H,1H2,(H,16,17). The van der Waals surface area contributed by atoms with E-state index in [1.807, 2.05) is 35.7 Å². The Morgan fingerprint density at radius 3 is 2.50 bits per heavy atom. The van der Waals surface area contributed by atoms with Gasteiger partial charge in [0.05, 0.1) is 10.6 Å². The van der Waals surface area contributed by atoms with Crippen LogP contribution in [0.5, 0.6) is 0 Å². The molecule has 5 heteroatoms. The van der Waals surface area contributed by atoms with Gasteiger partial charge >= 0.3 is 0 Å². The summed E-state index contributed by atoms with van der Waals surface area (Å²) >= 11 is 4.76. The molecule has 18 heavy (non-hydrogen) atoms. The Kier molecular flexibility index (Phi) is 4.17. The maximum absolute atomic E-state index is 11.7. The topological polar surface area (TPSA) is 41.1 Å². The molecule has 1 aromatic carbocycles. The van der Waals surface area contributed by atoms with Gasteiger partial charge in [0.1, 0.15) is 0 Å². The predicted octanol–water partition coefficient (Wildman–Crippen LogP) is 3.42. The average molecular weight is 323 g/mol. The molecule has 1 heterocycles. The van der Waals surface area contributed by atoms with Crippen molar-refractivity contribution in [3.63, 3.8) is 0 Å². The molecule has 0 aliphatic heterocycles. The van der Waals surface area contributed by atoms with Gasteiger partial charge in [0.25, 0.3) is 5.91 Å². The van der Waals surface area contributed by atoms with Crippen LogP contribution in [0.15, 0.2) is 52.8 Å². The molecule has 0 bridgehead atoms. The molecule has 1 amide bonds. The van der Waals surface area contributed by atoms with Gasteiger partial charge in [0.15, 0.2) is 0 Å². The summed E-state index contributed by atoms with van der Waals surface area (Å²) in [6, 6.07) is 11.3. The first-order chi connectivity index (χ1) is 8.66. The van der Waals surface area contributed by atoms with Gasteiger partial charge in [-0.1, -0.05) is 40.7 Å². The van der Waals surface area contributed by atoms with E-state index >= 15 is 0 Å². The Morgan fingerprint density at radius 1 is 1.17 bits per heavy atom. The SMILES string of the molecule is C=C(NNC(=O)c1cccs1)c1ccc(Br)cc1. The van der Waals surface area contributed by atoms with Gasteiger partial charge in [-0.3, -0.25) is 15.6 Å². The fraction of sp³-hybridized carbons (Fsp3) is 0. The number of hydrazine groups is 1. The van der Waals surface area contributed by atoms with Crippen molar-refractivity contribution in [3.05, 3.63) is 63.3 Å². The highest BCUT2D eigenvalue weighted by Gasteiger charge is 2.06. The zero-order chi connectivity index (χ0) is 13.0. The molecule has 0 aliphatic carbocycles. The van der Waals surface area contributed by atoms with Crippen LogP contribution in [0, 0.1) is 0 Å². The average Bonchev–Trinajstić information content (AvgIpc) is 2.90. The highest BCUT2D eigenvalue weighted by molar-refractivity contribution is 9.10. The summed E-state index contributed by atoms with van der Waals surface area (Å²) in [4.78, 5) is 12.3. The second-order valence-electron chi connectivity index (χ2n) is 3.54. The summed E-state index contributed by atoms with van der Waals surface area (Å²) in [5.74, 6) is -0.164. The summed E-state index contributed by atoms with van der Waals surface area (Å²) in [6.07, 6.45) is 0. The number of hydrogen-bond donors (Lipinski definition) is 2. The first kappa shape index (κ1) is 12.9. The van der Waals surface area contributed by atoms with Crippen LogP contribution in [0.4, 0.5) is 0 Å². The predicted molar refractivity (Wildman–Crippen MR) is 78.1 cm³/mol. The van der Waals surface area contributed by atoms with E-state index in [0.717, 1.165) is 10.0 Å². The van der Waals surface area contributed by atoms with E-state index in [1.165, 1.54) is 11.3 Å². The molecule has 0 saturated carbocycles. The van der Waals surface area contributed by atoms with Crippen molar-refractivity contribution in [2.75, 3.05) is 0 Å². The quantitative estimate of drug-likeness (QED) is 0.847. The van der Waals surface area contributed by atoms with E-state index < -0.39 is 0 Å². The highest BCUT2D eigenvalue weighted by atomic mass is 79.9. The number of rotatable bonds is 4. The molecule has 0 aliphatic rings. The van der Waals surface area contributed by atoms with Crippen molar-refractivity contribution >= 4 is 38.9 Å². The number of hydrogen-bond acceptors (Lipinski definition) is 3. The van der Waals surface area contributed by atoms with E-state index in [2.05, 4.69) is 33.4 Å². The molecule has 0 spiro atoms. The third kappa shape index (κ3) is 3.21. The van der Waals surface area contributed by atoms with E-state index in [9.17, 15) is 4.79 Å². The molecule has 0 saturated heterocycles. The number of benzene rings is 1. The number of carbonyl (C=O) groups is 1. The molecular weight excluding hydrogens is 312 g/mol. The minimum Gasteiger partial charge on any atom is -0.298 e. The van der Waals surface area contributed by atoms with Gasteiger partial charge in [-0.2, -0.15) is 0 Å². The molecule has 1 aromatic heterocycles. The number of thiophene rings is 1. The van der Waals surface area contributed by atoms with Crippen LogP contribution in [-0.4, -0.2) is 5.91 Å². The Morgan fingerprint density at radius 2 is 1.89 bits per heavy atom. The van der Waals surface area contributed by atoms with Crippen molar-refractivity contribution in [3.8, 4) is 0 Å². The minimum absolute atomic E-state index is 0.164. The third-order valence-electron chi connectivity index (χ3n) is 2.26. The van der Waals surface area contributed by atoms with Gasteiger partial charge in [0.2, 0.25) is 0 Å². The molecule has 0 atom stereocenters. The van der Waals surface area contributed by atoms with Crippen LogP contribution < -0.4 is 10.9 Å². The van der Waals surface area contributed by atoms with Crippen molar-refractivity contribution in [2.24, 2.45) is 0 Å². The van der Waals surface area contributed by atoms with Crippen LogP contribution in [0.2, 0.25) is 0 Å². The summed E-state index contributed by atoms with van der Waals surface area (Å²) in [5.41, 5.74) is 6.98. The van der Waals surface area contributed by atoms with Crippen LogP contribution in [0.25, 0.3) is 5.70 Å². The molecule has 2 rings (SSSR count). The number of amides is 1. The molecule has 92 valence electrons. The third-order valence-corrected chi connectivity index (χ3v) is 3.66. The lowest BCUT2D eigenvalue weighted by atomic mass is 10.2. The maximum atomic E-state index is 11.7. The van der Waals surface area contributed by atoms with Gasteiger partial charge < -0.3 is 0 Å². The number of carbonyl (C=O) groups excluding carboxylic acids is 1. The van der Waals surface area contributed by atoms with Gasteiger partial charge in [0, 0.05) is 4.47 Å². The first-order valence-electron chi connectivity index (χ1n) is 5.21. The summed E-state index contributed by atoms with van der Waals surface area (Å²) < 4.78 is 1.00. The van der Waals surface area contributed by atoms with Crippen LogP contribution in [0.1, 0.15) is 15.2 Å². The lowest BCUT2D eigenvalue weighted by Gasteiger charge is -2.10. The molecular formula is C13H11BrN2OS. The molecule has 2 N–H and O–H groups in total. The van der Waals surface area contributed by atoms with Crippen LogP contribution in [0.3, 0.4) is 0 Å². The Balaban J connectivity index is 1.92. The van der Waals surface area contributed by atoms with Crippen molar-refractivity contribution in [2.45, 2.75) is 0 Å². The first-order valence-corrected chi connectivity index (χ1v) is 6.89. The summed E-state index contributed by atoms with van der Waals surface area (Å²) in [6.45, 7) is 3.87. The highest BCUT2D eigenvalue weighted by Crippen LogP contribution is 2.14. The molecule has 0 radical (unpaired) electrons. The van der Waals surface area contributed by atoms with Gasteiger partial charge in [-0.15, -0.1) is 11.3 Å². The van der Waals surface area contributed by atoms with Crippen LogP contribution >= 0.6 is 27.3 Å². The van der Waals surface area contributed by atoms with Crippen molar-refractivity contribution in [1.82, 2.24) is 10.9 Å². The molecule has 2 aromatic rings. The second kappa shape index (κ2) is 5.84. The lowest BCUT2D eigenvalue weighted by Crippen LogP contribution is -2.35. The van der Waals surface area contributed by atoms with Crippen molar-refractivity contribution in [1.29, 1.82) is 0 Å². The monoisotopic (exact) mass is 322 g/mol. The number of halogens is 1. The van der Waals surface area contributed by atoms with E-state index in [4.69, 9.17) is 0 Å². The fourth-order valence-electron chi connectivity index (χ4n) is 1.32. The summed E-state index contributed by atoms with van der Waals surface area (Å²) in [7, 11) is 0. The van der Waals surface area contributed by atoms with Crippen molar-refractivity contribution < 1.29 is 4.79 Å². The largest absolute Gasteiger partial charge is 0.298 e. The maximum Gasteiger partial charge on any atom is 0.279 e. The van der Waals surface area contributed by atoms with E-state index in [0.29, 0.717) is 10.6 Å². The Labute approximate surface area is 118 Å². The van der Waals surface area contributed by atoms with Gasteiger partial charge in [-0.25, -0.2) is 0 Å². The Hall–Kier alpha value is -1.59. The summed E-state index contributed by atoms with van der Waals surface area (Å²) in [5, 5.41) is 1.86. The van der Waals surface area contributed by atoms with E-state index in [1.54, 1.807) is 6.07 Å². The second-order valence-corrected chi connectivity index (χ2v) is 5.41. The smallest absolute Gasteiger partial charge is 0.279 e. The molecule has 3 nitrogen and oxygen atoms in total. The lowest BCUT2D eigenvalue weighted by molar-refractivity contribution is 0.0946. The molecule has 0 fully saturated rings. The normalized spacial score (nSPS) is 9.83. The Bertz CT molecular complexity index is 549. The van der Waals surface area contributed by atoms with Gasteiger partial charge in [-0.05, 0) is 29.1 Å². The zero-order valence-electron chi connectivity index (χ0n) is 9.44. The zero-order valence-corrected chi connectivity index (χ0v) is 11.8. The fourth-order valence-corrected chi connectivity index (χ4v) is 2.21. The minimum atomic E-state index is -0.164. The molecule has 0 unspecified atom stereocenters.